The lowest BCUT2D eigenvalue weighted by atomic mass is 9.86. The van der Waals surface area contributed by atoms with Crippen molar-refractivity contribution in [1.82, 2.24) is 10.3 Å². The molecule has 1 unspecified atom stereocenters. The van der Waals surface area contributed by atoms with Crippen LogP contribution in [-0.2, 0) is 20.9 Å². The molecule has 2 aromatic rings. The highest BCUT2D eigenvalue weighted by molar-refractivity contribution is 5.85. The van der Waals surface area contributed by atoms with Crippen molar-refractivity contribution in [2.75, 3.05) is 7.11 Å². The quantitative estimate of drug-likeness (QED) is 0.512. The first-order valence-corrected chi connectivity index (χ1v) is 12.0. The normalized spacial score (nSPS) is 19.3. The van der Waals surface area contributed by atoms with Gasteiger partial charge in [-0.15, -0.1) is 0 Å². The maximum absolute atomic E-state index is 12.7. The van der Waals surface area contributed by atoms with E-state index in [1.54, 1.807) is 21.0 Å². The van der Waals surface area contributed by atoms with Crippen LogP contribution < -0.4 is 10.1 Å². The molecule has 1 aromatic heterocycles. The van der Waals surface area contributed by atoms with Crippen LogP contribution in [0.15, 0.2) is 28.7 Å². The summed E-state index contributed by atoms with van der Waals surface area (Å²) in [5.41, 5.74) is 1.59. The molecule has 1 aliphatic carbocycles. The molecule has 1 aliphatic rings. The molecule has 1 saturated carbocycles. The number of carbonyl (C=O) groups excluding carboxylic acids is 1. The van der Waals surface area contributed by atoms with Crippen LogP contribution in [0.5, 0.6) is 5.75 Å². The number of oxazole rings is 1. The molecular formula is C26H36N2O6. The molecule has 0 spiro atoms. The topological polar surface area (TPSA) is 111 Å². The molecule has 3 rings (SSSR count). The lowest BCUT2D eigenvalue weighted by Gasteiger charge is -2.29. The molecule has 34 heavy (non-hydrogen) atoms. The molecule has 0 aliphatic heterocycles. The fourth-order valence-corrected chi connectivity index (χ4v) is 4.31. The van der Waals surface area contributed by atoms with E-state index in [9.17, 15) is 14.7 Å². The fraction of sp³-hybridized carbons (Fsp3) is 0.577. The van der Waals surface area contributed by atoms with Gasteiger partial charge < -0.3 is 24.3 Å². The van der Waals surface area contributed by atoms with Gasteiger partial charge in [0.2, 0.25) is 11.8 Å². The highest BCUT2D eigenvalue weighted by Crippen LogP contribution is 2.31. The number of hydrogen-bond acceptors (Lipinski definition) is 6. The SMILES string of the molecule is COc1cccc(-c2nc(CO[C@H]3CCC[C@@H](C(=O)NC(C(=O)O)C(C)C)C3)c(C(C)C)o2)c1. The predicted octanol–water partition coefficient (Wildman–Crippen LogP) is 4.77. The number of rotatable bonds is 10. The van der Waals surface area contributed by atoms with Gasteiger partial charge in [0.15, 0.2) is 0 Å². The van der Waals surface area contributed by atoms with Gasteiger partial charge in [0.25, 0.3) is 0 Å². The molecule has 186 valence electrons. The lowest BCUT2D eigenvalue weighted by Crippen LogP contribution is -2.47. The Kier molecular flexibility index (Phi) is 8.72. The van der Waals surface area contributed by atoms with Crippen LogP contribution in [0.4, 0.5) is 0 Å². The molecule has 0 bridgehead atoms. The van der Waals surface area contributed by atoms with E-state index in [1.807, 2.05) is 38.1 Å². The van der Waals surface area contributed by atoms with Crippen LogP contribution in [0.1, 0.15) is 70.8 Å². The van der Waals surface area contributed by atoms with Gasteiger partial charge in [0, 0.05) is 17.4 Å². The molecule has 0 saturated heterocycles. The van der Waals surface area contributed by atoms with Crippen molar-refractivity contribution in [3.8, 4) is 17.2 Å². The zero-order chi connectivity index (χ0) is 24.8. The number of carbonyl (C=O) groups is 2. The standard InChI is InChI=1S/C26H36N2O6/c1-15(2)22(26(30)31)28-24(29)17-8-6-11-20(12-17)33-14-21-23(16(3)4)34-25(27-21)18-9-7-10-19(13-18)32-5/h7,9-10,13,15-17,20,22H,6,8,11-12,14H2,1-5H3,(H,28,29)(H,30,31)/t17-,20+,22?/m1/s1. The summed E-state index contributed by atoms with van der Waals surface area (Å²) in [5, 5.41) is 12.1. The van der Waals surface area contributed by atoms with Crippen LogP contribution >= 0.6 is 0 Å². The first-order chi connectivity index (χ1) is 16.2. The Morgan fingerprint density at radius 2 is 2.00 bits per heavy atom. The summed E-state index contributed by atoms with van der Waals surface area (Å²) >= 11 is 0. The van der Waals surface area contributed by atoms with Crippen molar-refractivity contribution in [1.29, 1.82) is 0 Å². The van der Waals surface area contributed by atoms with Gasteiger partial charge in [-0.3, -0.25) is 4.79 Å². The number of amides is 1. The number of aromatic nitrogens is 1. The second kappa shape index (κ2) is 11.5. The van der Waals surface area contributed by atoms with Crippen LogP contribution in [0.25, 0.3) is 11.5 Å². The van der Waals surface area contributed by atoms with Gasteiger partial charge in [-0.25, -0.2) is 9.78 Å². The summed E-state index contributed by atoms with van der Waals surface area (Å²) in [5.74, 6) is 0.517. The second-order valence-electron chi connectivity index (χ2n) is 9.58. The lowest BCUT2D eigenvalue weighted by molar-refractivity contribution is -0.144. The van der Waals surface area contributed by atoms with Gasteiger partial charge in [-0.1, -0.05) is 40.2 Å². The molecule has 8 nitrogen and oxygen atoms in total. The van der Waals surface area contributed by atoms with E-state index < -0.39 is 12.0 Å². The maximum atomic E-state index is 12.7. The highest BCUT2D eigenvalue weighted by atomic mass is 16.5. The van der Waals surface area contributed by atoms with Crippen LogP contribution in [-0.4, -0.2) is 41.2 Å². The Morgan fingerprint density at radius 1 is 1.24 bits per heavy atom. The third-order valence-corrected chi connectivity index (χ3v) is 6.25. The summed E-state index contributed by atoms with van der Waals surface area (Å²) in [7, 11) is 1.62. The highest BCUT2D eigenvalue weighted by Gasteiger charge is 2.32. The van der Waals surface area contributed by atoms with E-state index in [1.165, 1.54) is 0 Å². The largest absolute Gasteiger partial charge is 0.497 e. The Balaban J connectivity index is 1.65. The fourth-order valence-electron chi connectivity index (χ4n) is 4.31. The minimum atomic E-state index is -1.01. The Bertz CT molecular complexity index is 983. The summed E-state index contributed by atoms with van der Waals surface area (Å²) < 4.78 is 17.6. The first-order valence-electron chi connectivity index (χ1n) is 12.0. The molecule has 1 heterocycles. The van der Waals surface area contributed by atoms with Gasteiger partial charge in [-0.2, -0.15) is 0 Å². The molecule has 1 aromatic carbocycles. The Labute approximate surface area is 201 Å². The van der Waals surface area contributed by atoms with E-state index in [0.29, 0.717) is 18.9 Å². The van der Waals surface area contributed by atoms with E-state index in [-0.39, 0.29) is 29.8 Å². The van der Waals surface area contributed by atoms with Crippen molar-refractivity contribution < 1.29 is 28.6 Å². The molecule has 1 amide bonds. The summed E-state index contributed by atoms with van der Waals surface area (Å²) in [4.78, 5) is 28.9. The van der Waals surface area contributed by atoms with Crippen molar-refractivity contribution in [2.45, 2.75) is 78.0 Å². The molecule has 3 atom stereocenters. The third kappa shape index (κ3) is 6.38. The average molecular weight is 473 g/mol. The van der Waals surface area contributed by atoms with Crippen LogP contribution in [0.2, 0.25) is 0 Å². The molecule has 1 fully saturated rings. The number of methoxy groups -OCH3 is 1. The van der Waals surface area contributed by atoms with Crippen molar-refractivity contribution in [2.24, 2.45) is 11.8 Å². The smallest absolute Gasteiger partial charge is 0.326 e. The van der Waals surface area contributed by atoms with Gasteiger partial charge in [0.05, 0.1) is 19.8 Å². The third-order valence-electron chi connectivity index (χ3n) is 6.25. The molecular weight excluding hydrogens is 436 g/mol. The minimum Gasteiger partial charge on any atom is -0.497 e. The average Bonchev–Trinajstić information content (AvgIpc) is 3.25. The summed E-state index contributed by atoms with van der Waals surface area (Å²) in [6, 6.07) is 6.69. The zero-order valence-electron chi connectivity index (χ0n) is 20.7. The van der Waals surface area contributed by atoms with Crippen molar-refractivity contribution >= 4 is 11.9 Å². The zero-order valence-corrected chi connectivity index (χ0v) is 20.7. The number of carboxylic acid groups (broad SMARTS) is 1. The van der Waals surface area contributed by atoms with Gasteiger partial charge in [-0.05, 0) is 43.4 Å². The number of ether oxygens (including phenoxy) is 2. The monoisotopic (exact) mass is 472 g/mol. The predicted molar refractivity (Wildman–Crippen MR) is 128 cm³/mol. The van der Waals surface area contributed by atoms with E-state index in [0.717, 1.165) is 42.0 Å². The van der Waals surface area contributed by atoms with Crippen molar-refractivity contribution in [3.63, 3.8) is 0 Å². The van der Waals surface area contributed by atoms with Crippen LogP contribution in [0.3, 0.4) is 0 Å². The number of carboxylic acids is 1. The van der Waals surface area contributed by atoms with Crippen molar-refractivity contribution in [3.05, 3.63) is 35.7 Å². The summed E-state index contributed by atoms with van der Waals surface area (Å²) in [6.45, 7) is 7.97. The van der Waals surface area contributed by atoms with Gasteiger partial charge >= 0.3 is 5.97 Å². The molecule has 8 heteroatoms. The first kappa shape index (κ1) is 25.7. The minimum absolute atomic E-state index is 0.0937. The number of nitrogens with one attached hydrogen (secondary N) is 1. The van der Waals surface area contributed by atoms with E-state index in [2.05, 4.69) is 5.32 Å². The number of benzene rings is 1. The van der Waals surface area contributed by atoms with Gasteiger partial charge in [0.1, 0.15) is 23.2 Å². The van der Waals surface area contributed by atoms with E-state index >= 15 is 0 Å². The number of aliphatic carboxylic acids is 1. The Morgan fingerprint density at radius 3 is 2.65 bits per heavy atom. The maximum Gasteiger partial charge on any atom is 0.326 e. The van der Waals surface area contributed by atoms with Crippen LogP contribution in [0, 0.1) is 11.8 Å². The number of hydrogen-bond donors (Lipinski definition) is 2. The Hall–Kier alpha value is -2.87. The molecule has 0 radical (unpaired) electrons. The summed E-state index contributed by atoms with van der Waals surface area (Å²) in [6.07, 6.45) is 2.91. The van der Waals surface area contributed by atoms with E-state index in [4.69, 9.17) is 18.9 Å². The second-order valence-corrected chi connectivity index (χ2v) is 9.58. The molecule has 2 N–H and O–H groups in total. The number of nitrogens with zero attached hydrogens (tertiary/aromatic N) is 1.